The van der Waals surface area contributed by atoms with Crippen LogP contribution in [-0.4, -0.2) is 33.8 Å². The molecule has 0 atom stereocenters. The first kappa shape index (κ1) is 24.9. The van der Waals surface area contributed by atoms with Crippen LogP contribution in [0.4, 0.5) is 11.4 Å². The van der Waals surface area contributed by atoms with Gasteiger partial charge >= 0.3 is 5.97 Å². The van der Waals surface area contributed by atoms with Crippen LogP contribution >= 0.6 is 0 Å². The molecule has 0 saturated heterocycles. The van der Waals surface area contributed by atoms with Crippen molar-refractivity contribution in [2.45, 2.75) is 19.4 Å². The summed E-state index contributed by atoms with van der Waals surface area (Å²) in [5.41, 5.74) is 0.738. The average molecular weight is 469 g/mol. The van der Waals surface area contributed by atoms with E-state index in [-0.39, 0.29) is 18.1 Å². The Morgan fingerprint density at radius 2 is 1.66 bits per heavy atom. The van der Waals surface area contributed by atoms with Crippen LogP contribution in [0.2, 0.25) is 0 Å². The van der Waals surface area contributed by atoms with E-state index >= 15 is 0 Å². The van der Waals surface area contributed by atoms with Crippen LogP contribution in [0.5, 0.6) is 0 Å². The fourth-order valence-electron chi connectivity index (χ4n) is 3.14. The molecule has 0 amide bonds. The van der Waals surface area contributed by atoms with E-state index in [1.165, 1.54) is 29.2 Å². The van der Waals surface area contributed by atoms with Crippen molar-refractivity contribution in [2.24, 2.45) is 4.99 Å². The SMILES string of the molecule is CC(C)(COC(=O)c1ccccc1)N(C#N)C(/C=C/c1ccccc1)=Nc1ccc([N+](=O)[O-])cc1. The number of nitro benzene ring substituents is 1. The Kier molecular flexibility index (Phi) is 8.09. The number of ether oxygens (including phenoxy) is 1. The van der Waals surface area contributed by atoms with Gasteiger partial charge in [0.05, 0.1) is 21.7 Å². The van der Waals surface area contributed by atoms with Gasteiger partial charge in [-0.05, 0) is 49.8 Å². The predicted octanol–water partition coefficient (Wildman–Crippen LogP) is 5.76. The van der Waals surface area contributed by atoms with Crippen LogP contribution in [0.25, 0.3) is 6.08 Å². The smallest absolute Gasteiger partial charge is 0.338 e. The number of aliphatic imine (C=N–C) groups is 1. The van der Waals surface area contributed by atoms with Crippen LogP contribution in [0.1, 0.15) is 29.8 Å². The summed E-state index contributed by atoms with van der Waals surface area (Å²) in [7, 11) is 0. The molecule has 0 spiro atoms. The molecule has 0 aliphatic carbocycles. The Bertz CT molecular complexity index is 1260. The van der Waals surface area contributed by atoms with Crippen molar-refractivity contribution in [1.82, 2.24) is 4.90 Å². The van der Waals surface area contributed by atoms with Crippen LogP contribution < -0.4 is 0 Å². The van der Waals surface area contributed by atoms with Gasteiger partial charge in [0, 0.05) is 12.1 Å². The summed E-state index contributed by atoms with van der Waals surface area (Å²) in [6.45, 7) is 3.44. The van der Waals surface area contributed by atoms with Crippen molar-refractivity contribution in [3.63, 3.8) is 0 Å². The van der Waals surface area contributed by atoms with Crippen LogP contribution in [0.3, 0.4) is 0 Å². The average Bonchev–Trinajstić information content (AvgIpc) is 2.87. The number of esters is 1. The van der Waals surface area contributed by atoms with Gasteiger partial charge in [-0.25, -0.2) is 9.79 Å². The maximum absolute atomic E-state index is 12.4. The molecular formula is C27H24N4O4. The molecule has 0 saturated carbocycles. The molecule has 3 rings (SSSR count). The first-order chi connectivity index (χ1) is 16.8. The molecule has 0 N–H and O–H groups in total. The van der Waals surface area contributed by atoms with E-state index in [1.807, 2.05) is 30.3 Å². The highest BCUT2D eigenvalue weighted by Gasteiger charge is 2.31. The Hall–Kier alpha value is -4.77. The number of hydrogen-bond donors (Lipinski definition) is 0. The van der Waals surface area contributed by atoms with Gasteiger partial charge < -0.3 is 4.74 Å². The van der Waals surface area contributed by atoms with E-state index in [4.69, 9.17) is 4.74 Å². The van der Waals surface area contributed by atoms with Crippen molar-refractivity contribution in [3.8, 4) is 6.19 Å². The molecule has 176 valence electrons. The minimum Gasteiger partial charge on any atom is -0.460 e. The summed E-state index contributed by atoms with van der Waals surface area (Å²) < 4.78 is 5.50. The lowest BCUT2D eigenvalue weighted by Gasteiger charge is -2.33. The van der Waals surface area contributed by atoms with E-state index in [0.717, 1.165) is 5.56 Å². The Morgan fingerprint density at radius 3 is 2.23 bits per heavy atom. The molecule has 8 nitrogen and oxygen atoms in total. The molecule has 3 aromatic carbocycles. The number of hydrogen-bond acceptors (Lipinski definition) is 6. The van der Waals surface area contributed by atoms with E-state index in [0.29, 0.717) is 11.3 Å². The Morgan fingerprint density at radius 1 is 1.06 bits per heavy atom. The number of nitrogens with zero attached hydrogens (tertiary/aromatic N) is 4. The predicted molar refractivity (Wildman–Crippen MR) is 134 cm³/mol. The first-order valence-electron chi connectivity index (χ1n) is 10.8. The second-order valence-electron chi connectivity index (χ2n) is 8.18. The fraction of sp³-hybridized carbons (Fsp3) is 0.148. The fourth-order valence-corrected chi connectivity index (χ4v) is 3.14. The van der Waals surface area contributed by atoms with Crippen molar-refractivity contribution >= 4 is 29.3 Å². The number of carbonyl (C=O) groups is 1. The molecule has 0 radical (unpaired) electrons. The third-order valence-electron chi connectivity index (χ3n) is 5.03. The van der Waals surface area contributed by atoms with Crippen LogP contribution in [0, 0.1) is 21.6 Å². The number of benzene rings is 3. The Labute approximate surface area is 203 Å². The van der Waals surface area contributed by atoms with E-state index in [9.17, 15) is 20.2 Å². The second-order valence-corrected chi connectivity index (χ2v) is 8.18. The zero-order valence-corrected chi connectivity index (χ0v) is 19.4. The third-order valence-corrected chi connectivity index (χ3v) is 5.03. The molecule has 35 heavy (non-hydrogen) atoms. The number of non-ortho nitro benzene ring substituents is 1. The standard InChI is InChI=1S/C27H24N4O4/c1-27(2,19-35-26(32)22-11-7-4-8-12-22)30(20-28)25(18-13-21-9-5-3-6-10-21)29-23-14-16-24(17-15-23)31(33)34/h3-18H,19H2,1-2H3/b18-13+,29-25?. The lowest BCUT2D eigenvalue weighted by molar-refractivity contribution is -0.384. The summed E-state index contributed by atoms with van der Waals surface area (Å²) in [6, 6.07) is 23.8. The van der Waals surface area contributed by atoms with Gasteiger partial charge in [-0.2, -0.15) is 5.26 Å². The van der Waals surface area contributed by atoms with Gasteiger partial charge in [0.15, 0.2) is 6.19 Å². The first-order valence-corrected chi connectivity index (χ1v) is 10.8. The van der Waals surface area contributed by atoms with Gasteiger partial charge in [0.25, 0.3) is 5.69 Å². The monoisotopic (exact) mass is 468 g/mol. The normalized spacial score (nSPS) is 11.6. The van der Waals surface area contributed by atoms with Gasteiger partial charge in [-0.1, -0.05) is 54.6 Å². The summed E-state index contributed by atoms with van der Waals surface area (Å²) >= 11 is 0. The number of nitriles is 1. The maximum Gasteiger partial charge on any atom is 0.338 e. The highest BCUT2D eigenvalue weighted by Crippen LogP contribution is 2.22. The molecular weight excluding hydrogens is 444 g/mol. The lowest BCUT2D eigenvalue weighted by Crippen LogP contribution is -2.47. The highest BCUT2D eigenvalue weighted by molar-refractivity contribution is 5.99. The number of carbonyl (C=O) groups excluding carboxylic acids is 1. The topological polar surface area (TPSA) is 109 Å². The minimum atomic E-state index is -0.945. The van der Waals surface area contributed by atoms with Gasteiger partial charge in [0.2, 0.25) is 0 Å². The Balaban J connectivity index is 1.91. The molecule has 8 heteroatoms. The zero-order valence-electron chi connectivity index (χ0n) is 19.4. The number of amidine groups is 1. The number of nitro groups is 1. The molecule has 0 aliphatic rings. The number of rotatable bonds is 8. The van der Waals surface area contributed by atoms with Crippen molar-refractivity contribution in [3.05, 3.63) is 112 Å². The van der Waals surface area contributed by atoms with Crippen LogP contribution in [0.15, 0.2) is 96.0 Å². The summed E-state index contributed by atoms with van der Waals surface area (Å²) in [5.74, 6) is -0.212. The van der Waals surface area contributed by atoms with Crippen molar-refractivity contribution in [2.75, 3.05) is 6.61 Å². The third kappa shape index (κ3) is 6.85. The second kappa shape index (κ2) is 11.4. The van der Waals surface area contributed by atoms with Crippen LogP contribution in [-0.2, 0) is 4.74 Å². The van der Waals surface area contributed by atoms with E-state index in [1.54, 1.807) is 56.3 Å². The molecule has 3 aromatic rings. The van der Waals surface area contributed by atoms with Gasteiger partial charge in [-0.3, -0.25) is 15.0 Å². The summed E-state index contributed by atoms with van der Waals surface area (Å²) in [5, 5.41) is 21.0. The van der Waals surface area contributed by atoms with Gasteiger partial charge in [-0.15, -0.1) is 0 Å². The van der Waals surface area contributed by atoms with Gasteiger partial charge in [0.1, 0.15) is 12.4 Å². The lowest BCUT2D eigenvalue weighted by atomic mass is 10.0. The molecule has 0 aromatic heterocycles. The molecule has 0 aliphatic heterocycles. The zero-order chi connectivity index (χ0) is 25.3. The largest absolute Gasteiger partial charge is 0.460 e. The minimum absolute atomic E-state index is 0.0596. The molecule has 0 heterocycles. The van der Waals surface area contributed by atoms with E-state index < -0.39 is 16.4 Å². The van der Waals surface area contributed by atoms with E-state index in [2.05, 4.69) is 11.2 Å². The highest BCUT2D eigenvalue weighted by atomic mass is 16.6. The maximum atomic E-state index is 12.4. The summed E-state index contributed by atoms with van der Waals surface area (Å²) in [6.07, 6.45) is 5.63. The van der Waals surface area contributed by atoms with Crippen molar-refractivity contribution in [1.29, 1.82) is 5.26 Å². The quantitative estimate of drug-likeness (QED) is 0.0791. The molecule has 0 unspecified atom stereocenters. The summed E-state index contributed by atoms with van der Waals surface area (Å²) in [4.78, 5) is 28.8. The molecule has 0 fully saturated rings. The molecule has 0 bridgehead atoms. The van der Waals surface area contributed by atoms with Crippen molar-refractivity contribution < 1.29 is 14.5 Å².